The third-order valence-electron chi connectivity index (χ3n) is 3.19. The zero-order valence-corrected chi connectivity index (χ0v) is 12.0. The largest absolute Gasteiger partial charge is 0.387 e. The predicted molar refractivity (Wildman–Crippen MR) is 80.6 cm³/mol. The van der Waals surface area contributed by atoms with Gasteiger partial charge in [0.05, 0.1) is 6.10 Å². The molecular weight excluding hydrogens is 274 g/mol. The maximum Gasteiger partial charge on any atom is 0.159 e. The molecule has 0 radical (unpaired) electrons. The summed E-state index contributed by atoms with van der Waals surface area (Å²) in [7, 11) is 3.88. The van der Waals surface area contributed by atoms with E-state index in [4.69, 9.17) is 0 Å². The minimum atomic E-state index is -0.957. The molecule has 0 spiro atoms. The van der Waals surface area contributed by atoms with Crippen LogP contribution in [0.25, 0.3) is 0 Å². The number of halogens is 2. The van der Waals surface area contributed by atoms with E-state index in [0.29, 0.717) is 5.56 Å². The van der Waals surface area contributed by atoms with E-state index in [0.717, 1.165) is 23.5 Å². The number of anilines is 2. The Balaban J connectivity index is 2.02. The van der Waals surface area contributed by atoms with Gasteiger partial charge in [0.25, 0.3) is 0 Å². The topological polar surface area (TPSA) is 35.5 Å². The van der Waals surface area contributed by atoms with Gasteiger partial charge in [-0.1, -0.05) is 12.1 Å². The van der Waals surface area contributed by atoms with Crippen molar-refractivity contribution in [2.24, 2.45) is 0 Å². The summed E-state index contributed by atoms with van der Waals surface area (Å²) >= 11 is 0. The number of aliphatic hydroxyl groups excluding tert-OH is 1. The molecule has 0 aromatic heterocycles. The predicted octanol–water partition coefficient (Wildman–Crippen LogP) is 3.18. The molecule has 0 saturated heterocycles. The van der Waals surface area contributed by atoms with E-state index >= 15 is 0 Å². The van der Waals surface area contributed by atoms with Crippen LogP contribution >= 0.6 is 0 Å². The number of aliphatic hydroxyl groups is 1. The lowest BCUT2D eigenvalue weighted by Crippen LogP contribution is -2.13. The molecule has 21 heavy (non-hydrogen) atoms. The molecule has 0 bridgehead atoms. The SMILES string of the molecule is CN(C)c1cccc(NCC(O)c2ccc(F)c(F)c2)c1. The molecule has 3 nitrogen and oxygen atoms in total. The van der Waals surface area contributed by atoms with E-state index in [9.17, 15) is 13.9 Å². The second kappa shape index (κ2) is 6.54. The van der Waals surface area contributed by atoms with Gasteiger partial charge in [0.1, 0.15) is 0 Å². The van der Waals surface area contributed by atoms with Crippen molar-refractivity contribution in [1.29, 1.82) is 0 Å². The molecule has 112 valence electrons. The fourth-order valence-electron chi connectivity index (χ4n) is 1.95. The third-order valence-corrected chi connectivity index (χ3v) is 3.19. The highest BCUT2D eigenvalue weighted by atomic mass is 19.2. The van der Waals surface area contributed by atoms with Gasteiger partial charge in [-0.25, -0.2) is 8.78 Å². The van der Waals surface area contributed by atoms with Gasteiger partial charge in [-0.2, -0.15) is 0 Å². The molecule has 0 aliphatic heterocycles. The minimum Gasteiger partial charge on any atom is -0.387 e. The Morgan fingerprint density at radius 2 is 1.86 bits per heavy atom. The summed E-state index contributed by atoms with van der Waals surface area (Å²) in [5.74, 6) is -1.88. The van der Waals surface area contributed by atoms with E-state index < -0.39 is 17.7 Å². The number of hydrogen-bond donors (Lipinski definition) is 2. The van der Waals surface area contributed by atoms with Gasteiger partial charge in [0.15, 0.2) is 11.6 Å². The molecule has 5 heteroatoms. The summed E-state index contributed by atoms with van der Waals surface area (Å²) in [6, 6.07) is 11.1. The van der Waals surface area contributed by atoms with E-state index in [1.165, 1.54) is 6.07 Å². The number of rotatable bonds is 5. The summed E-state index contributed by atoms with van der Waals surface area (Å²) in [6.07, 6.45) is -0.914. The summed E-state index contributed by atoms with van der Waals surface area (Å²) in [6.45, 7) is 0.210. The van der Waals surface area contributed by atoms with Crippen LogP contribution in [0.4, 0.5) is 20.2 Å². The Hall–Kier alpha value is -2.14. The summed E-state index contributed by atoms with van der Waals surface area (Å²) in [5.41, 5.74) is 2.22. The van der Waals surface area contributed by atoms with E-state index in [2.05, 4.69) is 5.32 Å². The summed E-state index contributed by atoms with van der Waals surface area (Å²) in [5, 5.41) is 13.1. The molecule has 2 aromatic carbocycles. The molecule has 2 N–H and O–H groups in total. The normalized spacial score (nSPS) is 12.0. The first kappa shape index (κ1) is 15.3. The van der Waals surface area contributed by atoms with Gasteiger partial charge < -0.3 is 15.3 Å². The fourth-order valence-corrected chi connectivity index (χ4v) is 1.95. The first-order valence-electron chi connectivity index (χ1n) is 6.61. The molecule has 1 unspecified atom stereocenters. The van der Waals surface area contributed by atoms with Crippen molar-refractivity contribution in [3.63, 3.8) is 0 Å². The second-order valence-electron chi connectivity index (χ2n) is 5.02. The van der Waals surface area contributed by atoms with Gasteiger partial charge in [-0.05, 0) is 35.9 Å². The van der Waals surface area contributed by atoms with Gasteiger partial charge in [-0.3, -0.25) is 0 Å². The van der Waals surface area contributed by atoms with E-state index in [1.807, 2.05) is 43.3 Å². The van der Waals surface area contributed by atoms with E-state index in [1.54, 1.807) is 0 Å². The van der Waals surface area contributed by atoms with Crippen molar-refractivity contribution in [1.82, 2.24) is 0 Å². The number of hydrogen-bond acceptors (Lipinski definition) is 3. The van der Waals surface area contributed by atoms with Crippen LogP contribution in [0, 0.1) is 11.6 Å². The van der Waals surface area contributed by atoms with Crippen molar-refractivity contribution in [3.05, 3.63) is 59.7 Å². The standard InChI is InChI=1S/C16H18F2N2O/c1-20(2)13-5-3-4-12(9-13)19-10-16(21)11-6-7-14(17)15(18)8-11/h3-9,16,19,21H,10H2,1-2H3. The minimum absolute atomic E-state index is 0.210. The van der Waals surface area contributed by atoms with Gasteiger partial charge in [0, 0.05) is 32.0 Å². The average Bonchev–Trinajstić information content (AvgIpc) is 2.48. The van der Waals surface area contributed by atoms with Crippen LogP contribution in [0.3, 0.4) is 0 Å². The zero-order valence-electron chi connectivity index (χ0n) is 12.0. The monoisotopic (exact) mass is 292 g/mol. The van der Waals surface area contributed by atoms with Crippen LogP contribution in [0.15, 0.2) is 42.5 Å². The van der Waals surface area contributed by atoms with E-state index in [-0.39, 0.29) is 6.54 Å². The molecular formula is C16H18F2N2O. The second-order valence-corrected chi connectivity index (χ2v) is 5.02. The lowest BCUT2D eigenvalue weighted by Gasteiger charge is -2.16. The molecule has 2 aromatic rings. The van der Waals surface area contributed by atoms with Crippen molar-refractivity contribution in [3.8, 4) is 0 Å². The Kier molecular flexibility index (Phi) is 4.75. The van der Waals surface area contributed by atoms with Crippen LogP contribution in [0.2, 0.25) is 0 Å². The lowest BCUT2D eigenvalue weighted by atomic mass is 10.1. The molecule has 0 amide bonds. The van der Waals surface area contributed by atoms with Crippen LogP contribution in [0.5, 0.6) is 0 Å². The third kappa shape index (κ3) is 3.92. The van der Waals surface area contributed by atoms with Crippen LogP contribution < -0.4 is 10.2 Å². The first-order chi connectivity index (χ1) is 9.97. The summed E-state index contributed by atoms with van der Waals surface area (Å²) < 4.78 is 26.0. The maximum absolute atomic E-state index is 13.1. The molecule has 0 saturated carbocycles. The Morgan fingerprint density at radius 3 is 2.52 bits per heavy atom. The van der Waals surface area contributed by atoms with Gasteiger partial charge in [0.2, 0.25) is 0 Å². The van der Waals surface area contributed by atoms with Crippen molar-refractivity contribution < 1.29 is 13.9 Å². The molecule has 0 fully saturated rings. The molecule has 2 rings (SSSR count). The lowest BCUT2D eigenvalue weighted by molar-refractivity contribution is 0.191. The molecule has 0 aliphatic carbocycles. The Labute approximate surface area is 122 Å². The number of nitrogens with zero attached hydrogens (tertiary/aromatic N) is 1. The zero-order chi connectivity index (χ0) is 15.4. The average molecular weight is 292 g/mol. The van der Waals surface area contributed by atoms with Crippen molar-refractivity contribution in [2.45, 2.75) is 6.10 Å². The molecule has 1 atom stereocenters. The highest BCUT2D eigenvalue weighted by Crippen LogP contribution is 2.20. The number of benzene rings is 2. The van der Waals surface area contributed by atoms with Gasteiger partial charge >= 0.3 is 0 Å². The molecule has 0 heterocycles. The first-order valence-corrected chi connectivity index (χ1v) is 6.61. The summed E-state index contributed by atoms with van der Waals surface area (Å²) in [4.78, 5) is 1.97. The van der Waals surface area contributed by atoms with Crippen LogP contribution in [-0.2, 0) is 0 Å². The van der Waals surface area contributed by atoms with Crippen molar-refractivity contribution in [2.75, 3.05) is 30.9 Å². The highest BCUT2D eigenvalue weighted by molar-refractivity contribution is 5.57. The van der Waals surface area contributed by atoms with Crippen molar-refractivity contribution >= 4 is 11.4 Å². The highest BCUT2D eigenvalue weighted by Gasteiger charge is 2.11. The smallest absolute Gasteiger partial charge is 0.159 e. The number of nitrogens with one attached hydrogen (secondary N) is 1. The van der Waals surface area contributed by atoms with Crippen LogP contribution in [0.1, 0.15) is 11.7 Å². The van der Waals surface area contributed by atoms with Crippen LogP contribution in [-0.4, -0.2) is 25.7 Å². The molecule has 0 aliphatic rings. The maximum atomic E-state index is 13.1. The quantitative estimate of drug-likeness (QED) is 0.888. The Morgan fingerprint density at radius 1 is 1.10 bits per heavy atom. The fraction of sp³-hybridized carbons (Fsp3) is 0.250. The Bertz CT molecular complexity index is 617. The van der Waals surface area contributed by atoms with Gasteiger partial charge in [-0.15, -0.1) is 0 Å².